The number of amides is 1. The largest absolute Gasteiger partial charge is 0.478 e. The van der Waals surface area contributed by atoms with Crippen LogP contribution in [0.5, 0.6) is 0 Å². The molecule has 0 aliphatic carbocycles. The number of fused-ring (bicyclic) bond motifs is 1. The third kappa shape index (κ3) is 4.48. The van der Waals surface area contributed by atoms with Gasteiger partial charge in [-0.3, -0.25) is 4.79 Å². The number of hydrogen-bond donors (Lipinski definition) is 2. The number of carbonyl (C=O) groups is 2. The number of carboxylic acid groups (broad SMARTS) is 1. The molecule has 4 aromatic carbocycles. The SMILES string of the molecule is Cc1ccc(C=C2C(=O)Nc3cc(F)c(-c4ccc(-c5ccc(-n6cncn6)cc5)cc4)cc32)cc1C(=O)O. The molecule has 1 aliphatic heterocycles. The first-order valence-corrected chi connectivity index (χ1v) is 12.1. The van der Waals surface area contributed by atoms with Crippen molar-refractivity contribution in [2.45, 2.75) is 6.92 Å². The Morgan fingerprint density at radius 2 is 1.62 bits per heavy atom. The Balaban J connectivity index is 1.32. The first-order valence-electron chi connectivity index (χ1n) is 12.1. The van der Waals surface area contributed by atoms with Crippen molar-refractivity contribution in [1.29, 1.82) is 0 Å². The number of carboxylic acids is 1. The fourth-order valence-corrected chi connectivity index (χ4v) is 4.69. The Morgan fingerprint density at radius 3 is 2.28 bits per heavy atom. The molecule has 0 atom stereocenters. The molecule has 0 radical (unpaired) electrons. The molecular formula is C31H21FN4O3. The van der Waals surface area contributed by atoms with Crippen molar-refractivity contribution in [3.8, 4) is 27.9 Å². The fourth-order valence-electron chi connectivity index (χ4n) is 4.69. The standard InChI is InChI=1S/C31H21FN4O3/c1-18-2-3-19(12-24(18)31(38)39)13-27-26-14-25(28(32)15-29(26)35-30(27)37)22-6-4-20(5-7-22)21-8-10-23(11-9-21)36-17-33-16-34-36/h2-17H,1H3,(H,35,37)(H,38,39). The molecule has 1 aliphatic rings. The Hall–Kier alpha value is -5.37. The summed E-state index contributed by atoms with van der Waals surface area (Å²) in [5.74, 6) is -1.87. The highest BCUT2D eigenvalue weighted by Gasteiger charge is 2.26. The number of benzene rings is 4. The van der Waals surface area contributed by atoms with Crippen LogP contribution in [0.1, 0.15) is 27.0 Å². The van der Waals surface area contributed by atoms with Crippen molar-refractivity contribution < 1.29 is 19.1 Å². The number of nitrogens with zero attached hydrogens (tertiary/aromatic N) is 3. The summed E-state index contributed by atoms with van der Waals surface area (Å²) in [5, 5.41) is 16.3. The molecule has 0 saturated carbocycles. The maximum Gasteiger partial charge on any atom is 0.335 e. The highest BCUT2D eigenvalue weighted by atomic mass is 19.1. The zero-order valence-electron chi connectivity index (χ0n) is 20.7. The van der Waals surface area contributed by atoms with Crippen molar-refractivity contribution in [1.82, 2.24) is 14.8 Å². The van der Waals surface area contributed by atoms with Gasteiger partial charge in [-0.1, -0.05) is 48.5 Å². The summed E-state index contributed by atoms with van der Waals surface area (Å²) in [5.41, 5.74) is 6.52. The van der Waals surface area contributed by atoms with Gasteiger partial charge in [0.15, 0.2) is 0 Å². The van der Waals surface area contributed by atoms with Crippen LogP contribution in [0.15, 0.2) is 91.5 Å². The molecule has 1 aromatic heterocycles. The van der Waals surface area contributed by atoms with Crippen LogP contribution in [0.3, 0.4) is 0 Å². The third-order valence-corrected chi connectivity index (χ3v) is 6.77. The van der Waals surface area contributed by atoms with Gasteiger partial charge in [0.05, 0.1) is 16.9 Å². The van der Waals surface area contributed by atoms with Gasteiger partial charge < -0.3 is 10.4 Å². The number of rotatable bonds is 5. The number of aromatic nitrogens is 3. The van der Waals surface area contributed by atoms with E-state index in [2.05, 4.69) is 15.4 Å². The molecule has 8 heteroatoms. The molecule has 0 unspecified atom stereocenters. The first-order chi connectivity index (χ1) is 18.9. The summed E-state index contributed by atoms with van der Waals surface area (Å²) < 4.78 is 16.8. The maximum atomic E-state index is 15.2. The van der Waals surface area contributed by atoms with Gasteiger partial charge in [-0.15, -0.1) is 0 Å². The van der Waals surface area contributed by atoms with Crippen molar-refractivity contribution in [3.05, 3.63) is 120 Å². The summed E-state index contributed by atoms with van der Waals surface area (Å²) in [6.07, 6.45) is 4.74. The summed E-state index contributed by atoms with van der Waals surface area (Å²) >= 11 is 0. The summed E-state index contributed by atoms with van der Waals surface area (Å²) in [6.45, 7) is 1.71. The highest BCUT2D eigenvalue weighted by Crippen LogP contribution is 2.38. The van der Waals surface area contributed by atoms with Gasteiger partial charge in [-0.25, -0.2) is 18.9 Å². The van der Waals surface area contributed by atoms with Gasteiger partial charge in [0.25, 0.3) is 5.91 Å². The van der Waals surface area contributed by atoms with Crippen LogP contribution in [-0.2, 0) is 4.79 Å². The van der Waals surface area contributed by atoms with E-state index in [0.29, 0.717) is 39.1 Å². The minimum absolute atomic E-state index is 0.163. The van der Waals surface area contributed by atoms with E-state index in [1.165, 1.54) is 18.5 Å². The lowest BCUT2D eigenvalue weighted by Crippen LogP contribution is -2.04. The van der Waals surface area contributed by atoms with Crippen LogP contribution in [0, 0.1) is 12.7 Å². The molecule has 6 rings (SSSR count). The molecule has 7 nitrogen and oxygen atoms in total. The quantitative estimate of drug-likeness (QED) is 0.270. The third-order valence-electron chi connectivity index (χ3n) is 6.77. The number of hydrogen-bond acceptors (Lipinski definition) is 4. The normalized spacial score (nSPS) is 13.4. The number of halogens is 1. The summed E-state index contributed by atoms with van der Waals surface area (Å²) in [7, 11) is 0. The van der Waals surface area contributed by atoms with E-state index in [4.69, 9.17) is 0 Å². The number of nitrogens with one attached hydrogen (secondary N) is 1. The molecule has 2 N–H and O–H groups in total. The predicted molar refractivity (Wildman–Crippen MR) is 147 cm³/mol. The van der Waals surface area contributed by atoms with Crippen LogP contribution in [-0.4, -0.2) is 31.7 Å². The average molecular weight is 517 g/mol. The molecule has 5 aromatic rings. The predicted octanol–water partition coefficient (Wildman–Crippen LogP) is 6.24. The topological polar surface area (TPSA) is 97.1 Å². The van der Waals surface area contributed by atoms with E-state index in [-0.39, 0.29) is 11.5 Å². The van der Waals surface area contributed by atoms with Crippen LogP contribution in [0.25, 0.3) is 39.6 Å². The second-order valence-electron chi connectivity index (χ2n) is 9.23. The van der Waals surface area contributed by atoms with Gasteiger partial charge in [0.1, 0.15) is 18.5 Å². The Kier molecular flexibility index (Phi) is 5.84. The zero-order chi connectivity index (χ0) is 27.1. The second kappa shape index (κ2) is 9.50. The molecule has 0 saturated heterocycles. The molecule has 2 heterocycles. The molecule has 0 fully saturated rings. The van der Waals surface area contributed by atoms with Gasteiger partial charge >= 0.3 is 5.97 Å². The maximum absolute atomic E-state index is 15.2. The van der Waals surface area contributed by atoms with Crippen LogP contribution in [0.4, 0.5) is 10.1 Å². The minimum atomic E-state index is -1.04. The summed E-state index contributed by atoms with van der Waals surface area (Å²) in [6, 6.07) is 23.3. The molecule has 0 bridgehead atoms. The van der Waals surface area contributed by atoms with E-state index in [1.807, 2.05) is 48.5 Å². The van der Waals surface area contributed by atoms with Gasteiger partial charge in [0, 0.05) is 16.7 Å². The number of anilines is 1. The lowest BCUT2D eigenvalue weighted by molar-refractivity contribution is -0.110. The van der Waals surface area contributed by atoms with Crippen LogP contribution in [0.2, 0.25) is 0 Å². The number of aryl methyl sites for hydroxylation is 1. The lowest BCUT2D eigenvalue weighted by atomic mass is 9.95. The number of carbonyl (C=O) groups excluding carboxylic acids is 1. The van der Waals surface area contributed by atoms with Crippen LogP contribution < -0.4 is 5.32 Å². The van der Waals surface area contributed by atoms with Crippen molar-refractivity contribution in [2.75, 3.05) is 5.32 Å². The van der Waals surface area contributed by atoms with Gasteiger partial charge in [0.2, 0.25) is 0 Å². The highest BCUT2D eigenvalue weighted by molar-refractivity contribution is 6.35. The van der Waals surface area contributed by atoms with Crippen molar-refractivity contribution in [3.63, 3.8) is 0 Å². The van der Waals surface area contributed by atoms with Crippen molar-refractivity contribution >= 4 is 29.2 Å². The smallest absolute Gasteiger partial charge is 0.335 e. The monoisotopic (exact) mass is 516 g/mol. The Bertz CT molecular complexity index is 1770. The average Bonchev–Trinajstić information content (AvgIpc) is 3.58. The van der Waals surface area contributed by atoms with E-state index >= 15 is 4.39 Å². The Morgan fingerprint density at radius 1 is 0.923 bits per heavy atom. The van der Waals surface area contributed by atoms with E-state index in [0.717, 1.165) is 16.8 Å². The van der Waals surface area contributed by atoms with Gasteiger partial charge in [-0.05, 0) is 71.1 Å². The summed E-state index contributed by atoms with van der Waals surface area (Å²) in [4.78, 5) is 28.3. The molecule has 39 heavy (non-hydrogen) atoms. The molecule has 190 valence electrons. The van der Waals surface area contributed by atoms with E-state index < -0.39 is 11.8 Å². The van der Waals surface area contributed by atoms with Gasteiger partial charge in [-0.2, -0.15) is 5.10 Å². The molecular weight excluding hydrogens is 495 g/mol. The lowest BCUT2D eigenvalue weighted by Gasteiger charge is -2.09. The van der Waals surface area contributed by atoms with Crippen molar-refractivity contribution in [2.24, 2.45) is 0 Å². The Labute approximate surface area is 222 Å². The fraction of sp³-hybridized carbons (Fsp3) is 0.0323. The molecule has 0 spiro atoms. The second-order valence-corrected chi connectivity index (χ2v) is 9.23. The minimum Gasteiger partial charge on any atom is -0.478 e. The first kappa shape index (κ1) is 24.0. The molecule has 1 amide bonds. The number of aromatic carboxylic acids is 1. The van der Waals surface area contributed by atoms with E-state index in [9.17, 15) is 14.7 Å². The van der Waals surface area contributed by atoms with E-state index in [1.54, 1.807) is 42.2 Å². The van der Waals surface area contributed by atoms with Crippen LogP contribution >= 0.6 is 0 Å². The zero-order valence-corrected chi connectivity index (χ0v) is 20.7.